The average Bonchev–Trinajstić information content (AvgIpc) is 3.32. The van der Waals surface area contributed by atoms with E-state index in [1.54, 1.807) is 18.4 Å². The van der Waals surface area contributed by atoms with Crippen molar-refractivity contribution in [2.45, 2.75) is 25.8 Å². The lowest BCUT2D eigenvalue weighted by Crippen LogP contribution is -2.43. The summed E-state index contributed by atoms with van der Waals surface area (Å²) in [6, 6.07) is 12.5. The van der Waals surface area contributed by atoms with Crippen LogP contribution in [0.2, 0.25) is 0 Å². The fourth-order valence-corrected chi connectivity index (χ4v) is 4.21. The van der Waals surface area contributed by atoms with Crippen LogP contribution in [0.15, 0.2) is 46.8 Å². The monoisotopic (exact) mass is 430 g/mol. The molecule has 30 heavy (non-hydrogen) atoms. The Balaban J connectivity index is 1.48. The van der Waals surface area contributed by atoms with Crippen molar-refractivity contribution < 1.29 is 9.47 Å². The highest BCUT2D eigenvalue weighted by Gasteiger charge is 2.22. The minimum atomic E-state index is 0.0479. The summed E-state index contributed by atoms with van der Waals surface area (Å²) in [5.41, 5.74) is 1.17. The molecule has 6 nitrogen and oxygen atoms in total. The second-order valence-electron chi connectivity index (χ2n) is 8.05. The van der Waals surface area contributed by atoms with Gasteiger partial charge in [-0.1, -0.05) is 38.1 Å². The molecule has 164 valence electrons. The van der Waals surface area contributed by atoms with Crippen molar-refractivity contribution in [3.05, 3.63) is 52.2 Å². The number of ether oxygens (including phenoxy) is 2. The van der Waals surface area contributed by atoms with Gasteiger partial charge in [-0.05, 0) is 17.5 Å². The number of nitrogens with one attached hydrogen (secondary N) is 2. The molecule has 2 N–H and O–H groups in total. The van der Waals surface area contributed by atoms with E-state index in [-0.39, 0.29) is 5.41 Å². The predicted molar refractivity (Wildman–Crippen MR) is 125 cm³/mol. The van der Waals surface area contributed by atoms with Crippen molar-refractivity contribution in [1.82, 2.24) is 15.5 Å². The van der Waals surface area contributed by atoms with Gasteiger partial charge in [0.15, 0.2) is 5.96 Å². The first-order chi connectivity index (χ1) is 14.6. The molecule has 0 atom stereocenters. The summed E-state index contributed by atoms with van der Waals surface area (Å²) in [4.78, 5) is 8.12. The molecule has 1 aromatic carbocycles. The van der Waals surface area contributed by atoms with Crippen LogP contribution in [-0.4, -0.2) is 63.9 Å². The Morgan fingerprint density at radius 3 is 2.70 bits per heavy atom. The van der Waals surface area contributed by atoms with Crippen molar-refractivity contribution in [3.63, 3.8) is 0 Å². The van der Waals surface area contributed by atoms with Crippen LogP contribution in [0.1, 0.15) is 24.3 Å². The SMILES string of the molecule is CN=C(NCc1ccccc1OCCN1CCOCC1)NCC(C)(C)c1cccs1. The first kappa shape index (κ1) is 22.6. The molecule has 1 aliphatic rings. The van der Waals surface area contributed by atoms with Crippen LogP contribution in [0.25, 0.3) is 0 Å². The quantitative estimate of drug-likeness (QED) is 0.473. The molecule has 1 fully saturated rings. The van der Waals surface area contributed by atoms with Gasteiger partial charge in [0.1, 0.15) is 12.4 Å². The number of guanidine groups is 1. The number of morpholine rings is 1. The molecule has 1 aromatic heterocycles. The molecule has 2 aromatic rings. The molecule has 1 aliphatic heterocycles. The minimum Gasteiger partial charge on any atom is -0.492 e. The van der Waals surface area contributed by atoms with E-state index in [0.717, 1.165) is 56.7 Å². The maximum Gasteiger partial charge on any atom is 0.191 e. The molecule has 2 heterocycles. The Labute approximate surface area is 184 Å². The second kappa shape index (κ2) is 11.3. The van der Waals surface area contributed by atoms with Crippen LogP contribution in [0.3, 0.4) is 0 Å². The second-order valence-corrected chi connectivity index (χ2v) is 9.00. The Kier molecular flexibility index (Phi) is 8.54. The molecule has 0 aliphatic carbocycles. The Morgan fingerprint density at radius 1 is 1.17 bits per heavy atom. The van der Waals surface area contributed by atoms with E-state index in [1.165, 1.54) is 4.88 Å². The number of para-hydroxylation sites is 1. The van der Waals surface area contributed by atoms with E-state index in [9.17, 15) is 0 Å². The number of nitrogens with zero attached hydrogens (tertiary/aromatic N) is 2. The zero-order chi connectivity index (χ0) is 21.2. The molecule has 3 rings (SSSR count). The van der Waals surface area contributed by atoms with E-state index in [1.807, 2.05) is 18.2 Å². The number of benzene rings is 1. The van der Waals surface area contributed by atoms with Crippen molar-refractivity contribution in [2.75, 3.05) is 53.0 Å². The Hall–Kier alpha value is -2.09. The maximum absolute atomic E-state index is 6.09. The molecule has 7 heteroatoms. The number of aliphatic imine (C=N–C) groups is 1. The number of rotatable bonds is 9. The fourth-order valence-electron chi connectivity index (χ4n) is 3.36. The Bertz CT molecular complexity index is 786. The third-order valence-corrected chi connectivity index (χ3v) is 6.53. The predicted octanol–water partition coefficient (Wildman–Crippen LogP) is 3.10. The average molecular weight is 431 g/mol. The van der Waals surface area contributed by atoms with Crippen molar-refractivity contribution in [2.24, 2.45) is 4.99 Å². The number of hydrogen-bond acceptors (Lipinski definition) is 5. The van der Waals surface area contributed by atoms with Crippen molar-refractivity contribution in [1.29, 1.82) is 0 Å². The van der Waals surface area contributed by atoms with E-state index in [2.05, 4.69) is 58.0 Å². The minimum absolute atomic E-state index is 0.0479. The number of thiophene rings is 1. The van der Waals surface area contributed by atoms with Gasteiger partial charge >= 0.3 is 0 Å². The smallest absolute Gasteiger partial charge is 0.191 e. The van der Waals surface area contributed by atoms with Crippen LogP contribution in [0, 0.1) is 0 Å². The van der Waals surface area contributed by atoms with Gasteiger partial charge in [-0.15, -0.1) is 11.3 Å². The van der Waals surface area contributed by atoms with Crippen LogP contribution in [-0.2, 0) is 16.7 Å². The largest absolute Gasteiger partial charge is 0.492 e. The summed E-state index contributed by atoms with van der Waals surface area (Å²) in [6.07, 6.45) is 0. The zero-order valence-electron chi connectivity index (χ0n) is 18.3. The summed E-state index contributed by atoms with van der Waals surface area (Å²) in [5, 5.41) is 9.00. The van der Waals surface area contributed by atoms with Gasteiger partial charge in [0.05, 0.1) is 13.2 Å². The molecular weight excluding hydrogens is 396 g/mol. The maximum atomic E-state index is 6.09. The Morgan fingerprint density at radius 2 is 1.97 bits per heavy atom. The van der Waals surface area contributed by atoms with E-state index in [4.69, 9.17) is 9.47 Å². The third-order valence-electron chi connectivity index (χ3n) is 5.30. The van der Waals surface area contributed by atoms with Crippen LogP contribution in [0.5, 0.6) is 5.75 Å². The van der Waals surface area contributed by atoms with E-state index in [0.29, 0.717) is 13.2 Å². The highest BCUT2D eigenvalue weighted by atomic mass is 32.1. The summed E-state index contributed by atoms with van der Waals surface area (Å²) in [7, 11) is 1.80. The molecule has 0 bridgehead atoms. The van der Waals surface area contributed by atoms with Gasteiger partial charge in [0.2, 0.25) is 0 Å². The molecule has 0 radical (unpaired) electrons. The summed E-state index contributed by atoms with van der Waals surface area (Å²) >= 11 is 1.79. The fraction of sp³-hybridized carbons (Fsp3) is 0.522. The third kappa shape index (κ3) is 6.72. The lowest BCUT2D eigenvalue weighted by molar-refractivity contribution is 0.0322. The van der Waals surface area contributed by atoms with Gasteiger partial charge in [-0.25, -0.2) is 0 Å². The first-order valence-corrected chi connectivity index (χ1v) is 11.5. The highest BCUT2D eigenvalue weighted by Crippen LogP contribution is 2.26. The van der Waals surface area contributed by atoms with Crippen LogP contribution < -0.4 is 15.4 Å². The molecule has 0 unspecified atom stereocenters. The summed E-state index contributed by atoms with van der Waals surface area (Å²) < 4.78 is 11.5. The molecule has 0 amide bonds. The van der Waals surface area contributed by atoms with E-state index < -0.39 is 0 Å². The van der Waals surface area contributed by atoms with Crippen molar-refractivity contribution in [3.8, 4) is 5.75 Å². The van der Waals surface area contributed by atoms with Gasteiger partial charge in [-0.2, -0.15) is 0 Å². The van der Waals surface area contributed by atoms with E-state index >= 15 is 0 Å². The molecular formula is C23H34N4O2S. The van der Waals surface area contributed by atoms with Crippen molar-refractivity contribution >= 4 is 17.3 Å². The van der Waals surface area contributed by atoms with Crippen LogP contribution >= 0.6 is 11.3 Å². The first-order valence-electron chi connectivity index (χ1n) is 10.6. The standard InChI is InChI=1S/C23H34N4O2S/c1-23(2,21-9-6-16-30-21)18-26-22(24-3)25-17-19-7-4-5-8-20(19)29-15-12-27-10-13-28-14-11-27/h4-9,16H,10-15,17-18H2,1-3H3,(H2,24,25,26). The zero-order valence-corrected chi connectivity index (χ0v) is 19.1. The lowest BCUT2D eigenvalue weighted by Gasteiger charge is -2.26. The summed E-state index contributed by atoms with van der Waals surface area (Å²) in [6.45, 7) is 11.2. The highest BCUT2D eigenvalue weighted by molar-refractivity contribution is 7.10. The van der Waals surface area contributed by atoms with Gasteiger partial charge in [0.25, 0.3) is 0 Å². The summed E-state index contributed by atoms with van der Waals surface area (Å²) in [5.74, 6) is 1.72. The topological polar surface area (TPSA) is 58.1 Å². The van der Waals surface area contributed by atoms with Gasteiger partial charge < -0.3 is 20.1 Å². The number of hydrogen-bond donors (Lipinski definition) is 2. The normalized spacial score (nSPS) is 15.8. The van der Waals surface area contributed by atoms with Crippen LogP contribution in [0.4, 0.5) is 0 Å². The lowest BCUT2D eigenvalue weighted by atomic mass is 9.91. The van der Waals surface area contributed by atoms with Gasteiger partial charge in [0, 0.05) is 55.6 Å². The molecule has 1 saturated heterocycles. The molecule has 0 spiro atoms. The molecule has 0 saturated carbocycles. The van der Waals surface area contributed by atoms with Gasteiger partial charge in [-0.3, -0.25) is 9.89 Å².